The van der Waals surface area contributed by atoms with Crippen LogP contribution in [-0.2, 0) is 16.1 Å². The molecule has 1 unspecified atom stereocenters. The number of rotatable bonds is 9. The highest BCUT2D eigenvalue weighted by Gasteiger charge is 2.25. The standard InChI is InChI=1S/C21H24Cl2N2O2S/c1-15(21(27)24-2)25(14-16-6-3-4-7-19(16)23)20(26)8-5-13-28-18-11-9-17(22)10-12-18/h3-4,6-7,9-12,15H,5,8,13-14H2,1-2H3,(H,24,27). The van der Waals surface area contributed by atoms with Gasteiger partial charge < -0.3 is 10.2 Å². The Kier molecular flexibility index (Phi) is 9.16. The molecule has 0 aromatic heterocycles. The van der Waals surface area contributed by atoms with Crippen molar-refractivity contribution in [1.82, 2.24) is 10.2 Å². The smallest absolute Gasteiger partial charge is 0.242 e. The van der Waals surface area contributed by atoms with Gasteiger partial charge in [-0.3, -0.25) is 9.59 Å². The van der Waals surface area contributed by atoms with Crippen LogP contribution < -0.4 is 5.32 Å². The van der Waals surface area contributed by atoms with Gasteiger partial charge in [-0.05, 0) is 55.0 Å². The molecule has 2 aromatic rings. The highest BCUT2D eigenvalue weighted by Crippen LogP contribution is 2.23. The van der Waals surface area contributed by atoms with Crippen molar-refractivity contribution in [3.05, 3.63) is 64.1 Å². The molecule has 0 radical (unpaired) electrons. The van der Waals surface area contributed by atoms with Crippen molar-refractivity contribution in [3.8, 4) is 0 Å². The topological polar surface area (TPSA) is 49.4 Å². The Bertz CT molecular complexity index is 799. The molecule has 0 fully saturated rings. The normalized spacial score (nSPS) is 11.7. The number of likely N-dealkylation sites (N-methyl/N-ethyl adjacent to an activating group) is 1. The fourth-order valence-electron chi connectivity index (χ4n) is 2.69. The van der Waals surface area contributed by atoms with Crippen molar-refractivity contribution < 1.29 is 9.59 Å². The summed E-state index contributed by atoms with van der Waals surface area (Å²) in [5, 5.41) is 3.91. The molecule has 1 N–H and O–H groups in total. The number of carbonyl (C=O) groups excluding carboxylic acids is 2. The Morgan fingerprint density at radius 2 is 1.79 bits per heavy atom. The van der Waals surface area contributed by atoms with Gasteiger partial charge in [0.15, 0.2) is 0 Å². The molecule has 2 aromatic carbocycles. The SMILES string of the molecule is CNC(=O)C(C)N(Cc1ccccc1Cl)C(=O)CCCSc1ccc(Cl)cc1. The van der Waals surface area contributed by atoms with E-state index < -0.39 is 6.04 Å². The van der Waals surface area contributed by atoms with Crippen LogP contribution in [-0.4, -0.2) is 35.6 Å². The lowest BCUT2D eigenvalue weighted by molar-refractivity contribution is -0.140. The van der Waals surface area contributed by atoms with Crippen LogP contribution in [0.5, 0.6) is 0 Å². The number of hydrogen-bond acceptors (Lipinski definition) is 3. The molecule has 0 saturated carbocycles. The van der Waals surface area contributed by atoms with Gasteiger partial charge in [0, 0.05) is 35.0 Å². The van der Waals surface area contributed by atoms with Crippen LogP contribution in [0.15, 0.2) is 53.4 Å². The summed E-state index contributed by atoms with van der Waals surface area (Å²) in [7, 11) is 1.57. The predicted octanol–water partition coefficient (Wildman–Crippen LogP) is 5.03. The molecular formula is C21H24Cl2N2O2S. The fraction of sp³-hybridized carbons (Fsp3) is 0.333. The molecule has 0 aliphatic carbocycles. The second-order valence-corrected chi connectivity index (χ2v) is 8.32. The minimum absolute atomic E-state index is 0.0623. The number of benzene rings is 2. The first-order chi connectivity index (χ1) is 13.4. The lowest BCUT2D eigenvalue weighted by atomic mass is 10.1. The average molecular weight is 439 g/mol. The van der Waals surface area contributed by atoms with Crippen molar-refractivity contribution in [2.24, 2.45) is 0 Å². The van der Waals surface area contributed by atoms with Crippen molar-refractivity contribution in [2.45, 2.75) is 37.2 Å². The van der Waals surface area contributed by atoms with Crippen LogP contribution in [0.1, 0.15) is 25.3 Å². The van der Waals surface area contributed by atoms with Gasteiger partial charge in [-0.25, -0.2) is 0 Å². The fourth-order valence-corrected chi connectivity index (χ4v) is 3.86. The number of amides is 2. The van der Waals surface area contributed by atoms with Crippen LogP contribution in [0.4, 0.5) is 0 Å². The van der Waals surface area contributed by atoms with E-state index in [0.717, 1.165) is 16.2 Å². The Hall–Kier alpha value is -1.69. The maximum Gasteiger partial charge on any atom is 0.242 e. The Balaban J connectivity index is 1.97. The summed E-state index contributed by atoms with van der Waals surface area (Å²) in [6, 6.07) is 14.4. The van der Waals surface area contributed by atoms with E-state index in [1.165, 1.54) is 0 Å². The molecule has 0 saturated heterocycles. The number of carbonyl (C=O) groups is 2. The monoisotopic (exact) mass is 438 g/mol. The van der Waals surface area contributed by atoms with Crippen LogP contribution in [0.25, 0.3) is 0 Å². The average Bonchev–Trinajstić information content (AvgIpc) is 2.70. The molecule has 1 atom stereocenters. The molecule has 2 rings (SSSR count). The zero-order valence-corrected chi connectivity index (χ0v) is 18.3. The molecule has 0 aliphatic rings. The van der Waals surface area contributed by atoms with Crippen LogP contribution >= 0.6 is 35.0 Å². The van der Waals surface area contributed by atoms with Gasteiger partial charge in [0.25, 0.3) is 0 Å². The lowest BCUT2D eigenvalue weighted by Gasteiger charge is -2.28. The third-order valence-corrected chi connectivity index (χ3v) is 6.05. The van der Waals surface area contributed by atoms with E-state index in [4.69, 9.17) is 23.2 Å². The number of hydrogen-bond donors (Lipinski definition) is 1. The predicted molar refractivity (Wildman–Crippen MR) is 117 cm³/mol. The molecule has 2 amide bonds. The maximum atomic E-state index is 12.9. The quantitative estimate of drug-likeness (QED) is 0.441. The van der Waals surface area contributed by atoms with Gasteiger partial charge in [-0.2, -0.15) is 0 Å². The van der Waals surface area contributed by atoms with Crippen LogP contribution in [0.3, 0.4) is 0 Å². The van der Waals surface area contributed by atoms with Crippen molar-refractivity contribution in [3.63, 3.8) is 0 Å². The molecule has 0 bridgehead atoms. The first kappa shape index (κ1) is 22.6. The van der Waals surface area contributed by atoms with E-state index in [2.05, 4.69) is 5.32 Å². The second kappa shape index (κ2) is 11.3. The molecule has 4 nitrogen and oxygen atoms in total. The van der Waals surface area contributed by atoms with Gasteiger partial charge >= 0.3 is 0 Å². The van der Waals surface area contributed by atoms with Gasteiger partial charge in [-0.1, -0.05) is 41.4 Å². The Labute approximate surface area is 180 Å². The summed E-state index contributed by atoms with van der Waals surface area (Å²) in [6.07, 6.45) is 1.08. The van der Waals surface area contributed by atoms with E-state index >= 15 is 0 Å². The highest BCUT2D eigenvalue weighted by molar-refractivity contribution is 7.99. The van der Waals surface area contributed by atoms with Crippen LogP contribution in [0, 0.1) is 0 Å². The van der Waals surface area contributed by atoms with Crippen LogP contribution in [0.2, 0.25) is 10.0 Å². The Morgan fingerprint density at radius 3 is 2.43 bits per heavy atom. The minimum Gasteiger partial charge on any atom is -0.357 e. The first-order valence-corrected chi connectivity index (χ1v) is 10.8. The molecule has 7 heteroatoms. The van der Waals surface area contributed by atoms with Crippen molar-refractivity contribution in [2.75, 3.05) is 12.8 Å². The highest BCUT2D eigenvalue weighted by atomic mass is 35.5. The number of halogens is 2. The van der Waals surface area contributed by atoms with Gasteiger partial charge in [0.05, 0.1) is 0 Å². The first-order valence-electron chi connectivity index (χ1n) is 9.05. The largest absolute Gasteiger partial charge is 0.357 e. The Morgan fingerprint density at radius 1 is 1.11 bits per heavy atom. The number of thioether (sulfide) groups is 1. The summed E-state index contributed by atoms with van der Waals surface area (Å²) in [5.41, 5.74) is 0.823. The zero-order chi connectivity index (χ0) is 20.5. The molecule has 150 valence electrons. The molecule has 0 spiro atoms. The minimum atomic E-state index is -0.572. The maximum absolute atomic E-state index is 12.9. The molecule has 0 aliphatic heterocycles. The van der Waals surface area contributed by atoms with Crippen molar-refractivity contribution >= 4 is 46.8 Å². The van der Waals surface area contributed by atoms with E-state index in [1.54, 1.807) is 36.7 Å². The van der Waals surface area contributed by atoms with Gasteiger partial charge in [-0.15, -0.1) is 11.8 Å². The van der Waals surface area contributed by atoms with Gasteiger partial charge in [0.2, 0.25) is 11.8 Å². The number of nitrogens with zero attached hydrogens (tertiary/aromatic N) is 1. The summed E-state index contributed by atoms with van der Waals surface area (Å²) < 4.78 is 0. The molecular weight excluding hydrogens is 415 g/mol. The summed E-state index contributed by atoms with van der Waals surface area (Å²) in [4.78, 5) is 27.7. The van der Waals surface area contributed by atoms with E-state index in [9.17, 15) is 9.59 Å². The summed E-state index contributed by atoms with van der Waals surface area (Å²) in [6.45, 7) is 2.04. The second-order valence-electron chi connectivity index (χ2n) is 6.31. The summed E-state index contributed by atoms with van der Waals surface area (Å²) >= 11 is 13.8. The number of nitrogens with one attached hydrogen (secondary N) is 1. The lowest BCUT2D eigenvalue weighted by Crippen LogP contribution is -2.46. The third kappa shape index (κ3) is 6.73. The third-order valence-electron chi connectivity index (χ3n) is 4.33. The van der Waals surface area contributed by atoms with Crippen molar-refractivity contribution in [1.29, 1.82) is 0 Å². The molecule has 28 heavy (non-hydrogen) atoms. The van der Waals surface area contributed by atoms with Gasteiger partial charge in [0.1, 0.15) is 6.04 Å². The molecule has 0 heterocycles. The van der Waals surface area contributed by atoms with E-state index in [-0.39, 0.29) is 11.8 Å². The zero-order valence-electron chi connectivity index (χ0n) is 16.0. The summed E-state index contributed by atoms with van der Waals surface area (Å²) in [5.74, 6) is 0.547. The van der Waals surface area contributed by atoms with E-state index in [1.807, 2.05) is 42.5 Å². The van der Waals surface area contributed by atoms with E-state index in [0.29, 0.717) is 29.4 Å².